The molecular weight excluding hydrogens is 430 g/mol. The van der Waals surface area contributed by atoms with Gasteiger partial charge in [-0.05, 0) is 89.9 Å². The van der Waals surface area contributed by atoms with E-state index >= 15 is 0 Å². The van der Waals surface area contributed by atoms with Crippen molar-refractivity contribution in [2.75, 3.05) is 4.90 Å². The quantitative estimate of drug-likeness (QED) is 0.175. The highest BCUT2D eigenvalue weighted by atomic mass is 16.5. The number of rotatable bonds is 5. The first-order chi connectivity index (χ1) is 17.1. The van der Waals surface area contributed by atoms with E-state index in [0.29, 0.717) is 5.75 Å². The van der Waals surface area contributed by atoms with E-state index in [4.69, 9.17) is 4.74 Å². The summed E-state index contributed by atoms with van der Waals surface area (Å²) in [4.78, 5) is 13.9. The average Bonchev–Trinajstić information content (AvgIpc) is 2.90. The SMILES string of the molecule is C=CC(=O)Oc1ccc(N(c2ccc(C)cc2)c2ccc3c4c5c(ccc24)CC=CC5=CC3)cc1. The number of esters is 1. The number of hydrogen-bond acceptors (Lipinski definition) is 3. The Bertz CT molecular complexity index is 1540. The first-order valence-corrected chi connectivity index (χ1v) is 11.9. The summed E-state index contributed by atoms with van der Waals surface area (Å²) < 4.78 is 5.30. The highest BCUT2D eigenvalue weighted by Gasteiger charge is 2.23. The molecule has 0 heterocycles. The summed E-state index contributed by atoms with van der Waals surface area (Å²) in [6, 6.07) is 25.3. The van der Waals surface area contributed by atoms with E-state index in [1.54, 1.807) is 0 Å². The molecule has 0 radical (unpaired) electrons. The molecule has 170 valence electrons. The average molecular weight is 456 g/mol. The fourth-order valence-corrected chi connectivity index (χ4v) is 5.14. The Kier molecular flexibility index (Phi) is 5.11. The molecule has 0 atom stereocenters. The van der Waals surface area contributed by atoms with Gasteiger partial charge in [-0.25, -0.2) is 4.79 Å². The van der Waals surface area contributed by atoms with Gasteiger partial charge in [-0.15, -0.1) is 0 Å². The first-order valence-electron chi connectivity index (χ1n) is 11.9. The lowest BCUT2D eigenvalue weighted by Gasteiger charge is -2.30. The lowest BCUT2D eigenvalue weighted by molar-refractivity contribution is -0.128. The third kappa shape index (κ3) is 3.66. The van der Waals surface area contributed by atoms with Crippen molar-refractivity contribution in [2.24, 2.45) is 0 Å². The summed E-state index contributed by atoms with van der Waals surface area (Å²) in [5.41, 5.74) is 9.88. The van der Waals surface area contributed by atoms with Crippen LogP contribution in [0.5, 0.6) is 5.75 Å². The van der Waals surface area contributed by atoms with Crippen LogP contribution in [0.25, 0.3) is 16.3 Å². The van der Waals surface area contributed by atoms with Gasteiger partial charge in [0.15, 0.2) is 0 Å². The standard InChI is InChI=1S/C32H25NO2/c1-3-30(34)35-27-17-15-26(16-18-27)33(25-13-7-21(2)8-14-25)29-20-12-24-10-9-22-5-4-6-23-11-19-28(29)32(24)31(22)23/h3-5,7-9,11-20H,1,6,10H2,2H3. The Hall–Kier alpha value is -4.37. The Morgan fingerprint density at radius 2 is 1.60 bits per heavy atom. The van der Waals surface area contributed by atoms with E-state index in [9.17, 15) is 4.79 Å². The molecule has 4 aromatic carbocycles. The van der Waals surface area contributed by atoms with E-state index in [2.05, 4.69) is 85.2 Å². The molecule has 0 aromatic heterocycles. The van der Waals surface area contributed by atoms with Crippen LogP contribution in [0, 0.1) is 6.92 Å². The number of carbonyl (C=O) groups is 1. The molecule has 3 nitrogen and oxygen atoms in total. The molecular formula is C32H25NO2. The zero-order chi connectivity index (χ0) is 23.9. The molecule has 0 saturated carbocycles. The molecule has 0 bridgehead atoms. The van der Waals surface area contributed by atoms with Crippen molar-refractivity contribution in [2.45, 2.75) is 19.8 Å². The molecule has 2 aliphatic carbocycles. The van der Waals surface area contributed by atoms with Crippen molar-refractivity contribution in [1.29, 1.82) is 0 Å². The Balaban J connectivity index is 1.54. The number of carbonyl (C=O) groups excluding carboxylic acids is 1. The van der Waals surface area contributed by atoms with Crippen molar-refractivity contribution in [3.63, 3.8) is 0 Å². The van der Waals surface area contributed by atoms with Crippen molar-refractivity contribution in [1.82, 2.24) is 0 Å². The van der Waals surface area contributed by atoms with E-state index in [-0.39, 0.29) is 0 Å². The predicted octanol–water partition coefficient (Wildman–Crippen LogP) is 7.76. The van der Waals surface area contributed by atoms with Crippen LogP contribution < -0.4 is 9.64 Å². The molecule has 0 N–H and O–H groups in total. The molecule has 6 rings (SSSR count). The molecule has 35 heavy (non-hydrogen) atoms. The van der Waals surface area contributed by atoms with Gasteiger partial charge in [0, 0.05) is 22.8 Å². The number of hydrogen-bond donors (Lipinski definition) is 0. The normalized spacial score (nSPS) is 13.3. The maximum absolute atomic E-state index is 11.6. The van der Waals surface area contributed by atoms with E-state index in [0.717, 1.165) is 29.9 Å². The summed E-state index contributed by atoms with van der Waals surface area (Å²) in [5.74, 6) is 0.0274. The van der Waals surface area contributed by atoms with E-state index in [1.807, 2.05) is 24.3 Å². The van der Waals surface area contributed by atoms with Crippen LogP contribution in [0.4, 0.5) is 17.1 Å². The summed E-state index contributed by atoms with van der Waals surface area (Å²) in [6.07, 6.45) is 9.95. The third-order valence-corrected chi connectivity index (χ3v) is 6.81. The minimum Gasteiger partial charge on any atom is -0.423 e. The lowest BCUT2D eigenvalue weighted by Crippen LogP contribution is -2.12. The number of aryl methyl sites for hydroxylation is 1. The van der Waals surface area contributed by atoms with Crippen molar-refractivity contribution in [3.05, 3.63) is 126 Å². The largest absolute Gasteiger partial charge is 0.423 e. The minimum absolute atomic E-state index is 0.466. The summed E-state index contributed by atoms with van der Waals surface area (Å²) >= 11 is 0. The van der Waals surface area contributed by atoms with Crippen LogP contribution in [0.2, 0.25) is 0 Å². The number of ether oxygens (including phenoxy) is 1. The molecule has 2 aliphatic rings. The molecule has 0 saturated heterocycles. The van der Waals surface area contributed by atoms with E-state index in [1.165, 1.54) is 44.7 Å². The topological polar surface area (TPSA) is 29.5 Å². The minimum atomic E-state index is -0.466. The maximum atomic E-state index is 11.6. The first kappa shape index (κ1) is 21.2. The second kappa shape index (κ2) is 8.44. The molecule has 0 spiro atoms. The Labute approximate surface area is 205 Å². The zero-order valence-electron chi connectivity index (χ0n) is 19.6. The molecule has 0 fully saturated rings. The van der Waals surface area contributed by atoms with Crippen LogP contribution >= 0.6 is 0 Å². The molecule has 0 unspecified atom stereocenters. The third-order valence-electron chi connectivity index (χ3n) is 6.81. The van der Waals surface area contributed by atoms with Gasteiger partial charge in [-0.3, -0.25) is 0 Å². The van der Waals surface area contributed by atoms with Gasteiger partial charge < -0.3 is 9.64 Å². The van der Waals surface area contributed by atoms with Crippen LogP contribution in [-0.2, 0) is 17.6 Å². The fraction of sp³-hybridized carbons (Fsp3) is 0.0938. The highest BCUT2D eigenvalue weighted by molar-refractivity contribution is 6.08. The number of nitrogens with zero attached hydrogens (tertiary/aromatic N) is 1. The highest BCUT2D eigenvalue weighted by Crippen LogP contribution is 2.45. The number of anilines is 3. The van der Waals surface area contributed by atoms with Gasteiger partial charge in [0.2, 0.25) is 0 Å². The van der Waals surface area contributed by atoms with Crippen LogP contribution in [-0.4, -0.2) is 5.97 Å². The predicted molar refractivity (Wildman–Crippen MR) is 144 cm³/mol. The Morgan fingerprint density at radius 3 is 2.34 bits per heavy atom. The van der Waals surface area contributed by atoms with Gasteiger partial charge in [0.25, 0.3) is 0 Å². The van der Waals surface area contributed by atoms with Crippen LogP contribution in [0.3, 0.4) is 0 Å². The second-order valence-electron chi connectivity index (χ2n) is 9.03. The number of allylic oxidation sites excluding steroid dienone is 4. The summed E-state index contributed by atoms with van der Waals surface area (Å²) in [5, 5.41) is 2.60. The molecule has 0 aliphatic heterocycles. The van der Waals surface area contributed by atoms with Gasteiger partial charge in [-0.1, -0.05) is 60.7 Å². The van der Waals surface area contributed by atoms with Crippen molar-refractivity contribution < 1.29 is 9.53 Å². The molecule has 0 amide bonds. The zero-order valence-corrected chi connectivity index (χ0v) is 19.6. The van der Waals surface area contributed by atoms with Crippen molar-refractivity contribution >= 4 is 39.4 Å². The van der Waals surface area contributed by atoms with Gasteiger partial charge >= 0.3 is 5.97 Å². The monoisotopic (exact) mass is 455 g/mol. The van der Waals surface area contributed by atoms with Gasteiger partial charge in [0.05, 0.1) is 5.69 Å². The fourth-order valence-electron chi connectivity index (χ4n) is 5.14. The number of benzene rings is 4. The van der Waals surface area contributed by atoms with Crippen molar-refractivity contribution in [3.8, 4) is 5.75 Å². The summed E-state index contributed by atoms with van der Waals surface area (Å²) in [7, 11) is 0. The second-order valence-corrected chi connectivity index (χ2v) is 9.03. The smallest absolute Gasteiger partial charge is 0.335 e. The summed E-state index contributed by atoms with van der Waals surface area (Å²) in [6.45, 7) is 5.57. The maximum Gasteiger partial charge on any atom is 0.335 e. The molecule has 4 aromatic rings. The van der Waals surface area contributed by atoms with Gasteiger partial charge in [0.1, 0.15) is 5.75 Å². The lowest BCUT2D eigenvalue weighted by atomic mass is 9.81. The van der Waals surface area contributed by atoms with Gasteiger partial charge in [-0.2, -0.15) is 0 Å². The Morgan fingerprint density at radius 1 is 0.886 bits per heavy atom. The van der Waals surface area contributed by atoms with Crippen LogP contribution in [0.15, 0.2) is 104 Å². The van der Waals surface area contributed by atoms with E-state index < -0.39 is 5.97 Å². The van der Waals surface area contributed by atoms with Crippen LogP contribution in [0.1, 0.15) is 22.3 Å². The molecule has 3 heteroatoms.